The Morgan fingerprint density at radius 1 is 0.199 bits per heavy atom. The molecule has 0 aromatic carbocycles. The SMILES string of the molecule is N[C@@H]1CCCCC1NCCN[C@H]1CCCC[C@H]1N.N[C@@H]1CCCC[C@@H]1NCCNC1CCCC[C@@H]1N.N[C@H]1CCCCC1NCCN[C@@H]1CCCC[C@@H]1N.[Cl][Mn][Cl].[Cl][Mn][Cl].[Cl][Mn][Cl].c1cc2nc(c1)CNC1CCCC[C@@H]1NCCN[C@H]1CCCCC1NC2.c1cc2nc(c1)CNC1CCCC[C@H]1NCCN[C@@H]1CCCCC1NC2.c1cc2nc(c1)CNC1CCCC[C@H]1NCCN[C@H]1CCCCC1NC2. The molecule has 6 heterocycles. The summed E-state index contributed by atoms with van der Waals surface area (Å²) < 4.78 is 0. The molecule has 12 aliphatic carbocycles. The second-order valence-electron chi connectivity index (χ2n) is 43.1. The van der Waals surface area contributed by atoms with Crippen LogP contribution in [-0.4, -0.2) is 238 Å². The van der Waals surface area contributed by atoms with Gasteiger partial charge in [-0.3, -0.25) is 15.0 Å². The van der Waals surface area contributed by atoms with Crippen molar-refractivity contribution in [2.45, 2.75) is 492 Å². The van der Waals surface area contributed by atoms with E-state index in [1.165, 1.54) is 342 Å². The van der Waals surface area contributed by atoms with E-state index >= 15 is 0 Å². The van der Waals surface area contributed by atoms with Crippen LogP contribution in [0.5, 0.6) is 0 Å². The van der Waals surface area contributed by atoms with Crippen LogP contribution in [0.3, 0.4) is 0 Å². The van der Waals surface area contributed by atoms with Gasteiger partial charge in [0.1, 0.15) is 0 Å². The average Bonchev–Trinajstić information content (AvgIpc) is 1.86. The van der Waals surface area contributed by atoms with Gasteiger partial charge in [0, 0.05) is 263 Å². The summed E-state index contributed by atoms with van der Waals surface area (Å²) in [6.45, 7) is 17.8. The minimum atomic E-state index is 0.00694. The van der Waals surface area contributed by atoms with Gasteiger partial charge in [-0.1, -0.05) is 172 Å². The number of hydrogen-bond donors (Lipinski definition) is 24. The molecule has 0 saturated heterocycles. The minimum Gasteiger partial charge on any atom is -0.311 e. The van der Waals surface area contributed by atoms with Gasteiger partial charge in [-0.05, 0) is 190 Å². The van der Waals surface area contributed by atoms with Crippen molar-refractivity contribution in [2.24, 2.45) is 34.4 Å². The molecule has 27 nitrogen and oxygen atoms in total. The summed E-state index contributed by atoms with van der Waals surface area (Å²) in [6, 6.07) is 31.7. The summed E-state index contributed by atoms with van der Waals surface area (Å²) >= 11 is 0.0208. The number of nitrogens with zero attached hydrogens (tertiary/aromatic N) is 3. The number of rotatable bonds is 15. The van der Waals surface area contributed by atoms with Gasteiger partial charge in [-0.2, -0.15) is 0 Å². The largest absolute Gasteiger partial charge is 0.311 e. The third kappa shape index (κ3) is 48.6. The van der Waals surface area contributed by atoms with Crippen molar-refractivity contribution in [3.63, 3.8) is 0 Å². The first-order chi connectivity index (χ1) is 69.2. The van der Waals surface area contributed by atoms with Gasteiger partial charge in [0.15, 0.2) is 0 Å². The Kier molecular flexibility index (Phi) is 65.7. The van der Waals surface area contributed by atoms with E-state index in [0.29, 0.717) is 145 Å². The fourth-order valence-corrected chi connectivity index (χ4v) is 24.9. The van der Waals surface area contributed by atoms with Crippen molar-refractivity contribution in [2.75, 3.05) is 78.5 Å². The van der Waals surface area contributed by atoms with Crippen LogP contribution in [-0.2, 0) is 78.7 Å². The Bertz CT molecular complexity index is 3040. The third-order valence-corrected chi connectivity index (χ3v) is 33.0. The summed E-state index contributed by atoms with van der Waals surface area (Å²) in [6.07, 6.45) is 61.8. The number of hydrogen-bond acceptors (Lipinski definition) is 27. The average molecular weight is 2210 g/mol. The third-order valence-electron chi connectivity index (χ3n) is 33.0. The van der Waals surface area contributed by atoms with Crippen molar-refractivity contribution >= 4 is 60.6 Å². The second-order valence-corrected chi connectivity index (χ2v) is 48.9. The van der Waals surface area contributed by atoms with Crippen LogP contribution in [0, 0.1) is 0 Å². The number of pyridine rings is 3. The van der Waals surface area contributed by atoms with Crippen LogP contribution in [0.2, 0.25) is 0 Å². The molecule has 36 heteroatoms. The van der Waals surface area contributed by atoms with Gasteiger partial charge < -0.3 is 130 Å². The zero-order chi connectivity index (χ0) is 99.3. The van der Waals surface area contributed by atoms with Gasteiger partial charge in [0.05, 0.1) is 34.2 Å². The van der Waals surface area contributed by atoms with Crippen LogP contribution < -0.4 is 130 Å². The standard InChI is InChI=1S/3C21H35N5.3C14H30N4.6ClH.3Mn/c3*1-3-10-20-18(8-1)22-12-13-23-19-9-2-4-11-21(19)25-15-17-7-5-6-16(26-17)14-24-20;3*15-11-5-1-3-7-13(11)17-9-10-18-14-8-4-2-6-12(14)16;;;;;;;;;/h3*5-7,18-25H,1-4,8-15H2;3*11-14,17-18H,1-10,15-16H2;6*1H;;;/q;;;;;;;;;;;;3*+2/p-6/t18-,19+,20?,21?;2*18-,19-,20?,21?;11-,12+,13+,14?;2*11-,12-,13+,14?;;;;;;;;;/m.10110........./s1. The summed E-state index contributed by atoms with van der Waals surface area (Å²) in [5.74, 6) is 0. The maximum atomic E-state index is 6.12. The number of halogens is 6. The Morgan fingerprint density at radius 3 is 0.454 bits per heavy atom. The summed E-state index contributed by atoms with van der Waals surface area (Å²) in [5, 5.41) is 67.3. The predicted molar refractivity (Wildman–Crippen MR) is 583 cm³/mol. The van der Waals surface area contributed by atoms with Crippen LogP contribution >= 0.6 is 60.6 Å². The molecule has 9 unspecified atom stereocenters. The molecule has 3 aromatic rings. The summed E-state index contributed by atoms with van der Waals surface area (Å²) in [7, 11) is 28.8. The fourth-order valence-electron chi connectivity index (χ4n) is 24.9. The minimum absolute atomic E-state index is 0.00694. The molecule has 18 rings (SSSR count). The maximum Gasteiger partial charge on any atom is 0.0545 e. The zero-order valence-corrected chi connectivity index (χ0v) is 94.0. The van der Waals surface area contributed by atoms with E-state index in [4.69, 9.17) is 110 Å². The molecular formula is C105H195Cl6Mn3N27. The number of nitrogens with two attached hydrogens (primary N) is 6. The zero-order valence-electron chi connectivity index (χ0n) is 85.9. The number of fused-ring (bicyclic) bond motifs is 12. The van der Waals surface area contributed by atoms with Gasteiger partial charge in [-0.15, -0.1) is 0 Å². The monoisotopic (exact) mass is 2210 g/mol. The molecule has 6 bridgehead atoms. The van der Waals surface area contributed by atoms with E-state index in [-0.39, 0.29) is 39.4 Å². The Balaban J connectivity index is 0.000000172. The van der Waals surface area contributed by atoms with Crippen molar-refractivity contribution in [3.8, 4) is 0 Å². The quantitative estimate of drug-likeness (QED) is 0.0496. The van der Waals surface area contributed by atoms with E-state index in [1.807, 2.05) is 0 Å². The summed E-state index contributed by atoms with van der Waals surface area (Å²) in [5.41, 5.74) is 43.7. The van der Waals surface area contributed by atoms with Crippen molar-refractivity contribution < 1.29 is 39.4 Å². The molecule has 0 amide bonds. The number of aromatic nitrogens is 3. The topological polar surface area (TPSA) is 411 Å². The smallest absolute Gasteiger partial charge is 0.0545 e. The molecule has 3 aromatic heterocycles. The van der Waals surface area contributed by atoms with Gasteiger partial charge in [0.25, 0.3) is 0 Å². The molecular weight excluding hydrogens is 2020 g/mol. The van der Waals surface area contributed by atoms with E-state index in [1.54, 1.807) is 0 Å². The van der Waals surface area contributed by atoms with Gasteiger partial charge in [0.2, 0.25) is 0 Å². The molecule has 0 spiro atoms. The Hall–Kier alpha value is -0.212. The Labute approximate surface area is 897 Å². The first kappa shape index (κ1) is 123. The predicted octanol–water partition coefficient (Wildman–Crippen LogP) is 12.5. The van der Waals surface area contributed by atoms with Crippen LogP contribution in [0.1, 0.15) is 342 Å². The molecule has 0 radical (unpaired) electrons. The maximum absolute atomic E-state index is 6.12. The first-order valence-electron chi connectivity index (χ1n) is 56.4. The Morgan fingerprint density at radius 2 is 0.319 bits per heavy atom. The molecule has 12 saturated carbocycles. The van der Waals surface area contributed by atoms with Gasteiger partial charge >= 0.3 is 100.0 Å². The van der Waals surface area contributed by atoms with Crippen molar-refractivity contribution in [1.82, 2.24) is 111 Å². The molecule has 3 aliphatic heterocycles. The second kappa shape index (κ2) is 75.5. The van der Waals surface area contributed by atoms with Gasteiger partial charge in [-0.25, -0.2) is 0 Å². The van der Waals surface area contributed by atoms with Crippen molar-refractivity contribution in [3.05, 3.63) is 88.8 Å². The number of nitrogens with one attached hydrogen (secondary N) is 18. The fraction of sp³-hybridized carbons (Fsp3) is 0.857. The van der Waals surface area contributed by atoms with E-state index < -0.39 is 0 Å². The van der Waals surface area contributed by atoms with Crippen LogP contribution in [0.25, 0.3) is 0 Å². The van der Waals surface area contributed by atoms with Crippen LogP contribution in [0.15, 0.2) is 54.6 Å². The molecule has 30 N–H and O–H groups in total. The summed E-state index contributed by atoms with van der Waals surface area (Å²) in [4.78, 5) is 14.7. The van der Waals surface area contributed by atoms with Crippen LogP contribution in [0.4, 0.5) is 0 Å². The normalized spacial score (nSPS) is 33.6. The molecule has 15 aliphatic rings. The molecule has 24 atom stereocenters. The van der Waals surface area contributed by atoms with E-state index in [2.05, 4.69) is 150 Å². The molecule has 813 valence electrons. The van der Waals surface area contributed by atoms with E-state index in [0.717, 1.165) is 118 Å². The molecule has 141 heavy (non-hydrogen) atoms. The molecule has 12 fully saturated rings. The first-order valence-corrected chi connectivity index (χ1v) is 66.2. The van der Waals surface area contributed by atoms with E-state index in [9.17, 15) is 0 Å². The van der Waals surface area contributed by atoms with Crippen molar-refractivity contribution in [1.29, 1.82) is 0 Å².